The van der Waals surface area contributed by atoms with Gasteiger partial charge in [-0.15, -0.1) is 0 Å². The number of anilines is 1. The van der Waals surface area contributed by atoms with Gasteiger partial charge in [0.05, 0.1) is 24.0 Å². The minimum atomic E-state index is -0.683. The van der Waals surface area contributed by atoms with Crippen molar-refractivity contribution in [2.75, 3.05) is 12.8 Å². The number of fused-ring (bicyclic) bond motifs is 5. The number of amides is 1. The molecule has 2 N–H and O–H groups in total. The molecule has 0 aliphatic carbocycles. The summed E-state index contributed by atoms with van der Waals surface area (Å²) in [6.07, 6.45) is 1.42. The predicted octanol–water partition coefficient (Wildman–Crippen LogP) is 3.14. The summed E-state index contributed by atoms with van der Waals surface area (Å²) in [5, 5.41) is 4.13. The number of carbonyl (C=O) groups excluding carboxylic acids is 1. The molecule has 8 nitrogen and oxygen atoms in total. The van der Waals surface area contributed by atoms with E-state index in [9.17, 15) is 9.18 Å². The molecular weight excluding hydrogens is 377 g/mol. The Bertz CT molecular complexity index is 1100. The zero-order valence-corrected chi connectivity index (χ0v) is 16.3. The normalized spacial score (nSPS) is 16.3. The number of nitrogen functional groups attached to an aromatic ring is 1. The number of aryl methyl sites for hydroxylation is 1. The number of nitrogens with zero attached hydrogens (tertiary/aromatic N) is 4. The lowest BCUT2D eigenvalue weighted by Crippen LogP contribution is -2.28. The molecule has 1 amide bonds. The molecule has 0 saturated carbocycles. The first-order chi connectivity index (χ1) is 13.9. The van der Waals surface area contributed by atoms with Gasteiger partial charge >= 0.3 is 0 Å². The highest BCUT2D eigenvalue weighted by molar-refractivity contribution is 5.95. The summed E-state index contributed by atoms with van der Waals surface area (Å²) in [7, 11) is 1.65. The van der Waals surface area contributed by atoms with E-state index in [4.69, 9.17) is 15.0 Å². The molecule has 1 unspecified atom stereocenters. The molecule has 2 aromatic heterocycles. The number of hydrogen-bond acceptors (Lipinski definition) is 7. The van der Waals surface area contributed by atoms with Gasteiger partial charge in [0.2, 0.25) is 0 Å². The second kappa shape index (κ2) is 7.16. The fourth-order valence-corrected chi connectivity index (χ4v) is 3.39. The van der Waals surface area contributed by atoms with E-state index in [0.29, 0.717) is 40.3 Å². The molecule has 9 heteroatoms. The topological polar surface area (TPSA) is 107 Å². The largest absolute Gasteiger partial charge is 0.467 e. The third-order valence-corrected chi connectivity index (χ3v) is 4.88. The van der Waals surface area contributed by atoms with Gasteiger partial charge in [-0.1, -0.05) is 12.1 Å². The Labute approximate surface area is 166 Å². The molecule has 1 aromatic carbocycles. The van der Waals surface area contributed by atoms with E-state index in [1.807, 2.05) is 6.92 Å². The van der Waals surface area contributed by atoms with E-state index in [-0.39, 0.29) is 24.1 Å². The molecule has 150 valence electrons. The Morgan fingerprint density at radius 2 is 2.17 bits per heavy atom. The molecule has 3 aromatic rings. The van der Waals surface area contributed by atoms with E-state index >= 15 is 0 Å². The van der Waals surface area contributed by atoms with Crippen LogP contribution in [0.5, 0.6) is 5.88 Å². The van der Waals surface area contributed by atoms with Gasteiger partial charge < -0.3 is 19.9 Å². The summed E-state index contributed by atoms with van der Waals surface area (Å²) in [5.41, 5.74) is 8.36. The summed E-state index contributed by atoms with van der Waals surface area (Å²) < 4.78 is 25.3. The lowest BCUT2D eigenvalue weighted by molar-refractivity contribution is 0.0777. The maximum absolute atomic E-state index is 13.9. The van der Waals surface area contributed by atoms with Crippen LogP contribution in [0.15, 0.2) is 28.9 Å². The molecule has 1 aliphatic heterocycles. The highest BCUT2D eigenvalue weighted by atomic mass is 19.1. The van der Waals surface area contributed by atoms with Gasteiger partial charge in [0, 0.05) is 24.6 Å². The summed E-state index contributed by atoms with van der Waals surface area (Å²) in [4.78, 5) is 23.3. The van der Waals surface area contributed by atoms with Crippen LogP contribution in [-0.2, 0) is 13.0 Å². The molecule has 4 rings (SSSR count). The third kappa shape index (κ3) is 3.28. The first-order valence-electron chi connectivity index (χ1n) is 9.20. The molecule has 0 saturated heterocycles. The number of carbonyl (C=O) groups is 1. The average molecular weight is 397 g/mol. The van der Waals surface area contributed by atoms with Gasteiger partial charge in [0.25, 0.3) is 11.8 Å². The van der Waals surface area contributed by atoms with Crippen molar-refractivity contribution in [1.82, 2.24) is 20.0 Å². The van der Waals surface area contributed by atoms with Crippen LogP contribution in [0.4, 0.5) is 10.2 Å². The number of rotatable bonds is 1. The monoisotopic (exact) mass is 397 g/mol. The highest BCUT2D eigenvalue weighted by Crippen LogP contribution is 2.33. The van der Waals surface area contributed by atoms with Gasteiger partial charge in [-0.2, -0.15) is 0 Å². The summed E-state index contributed by atoms with van der Waals surface area (Å²) in [6, 6.07) is 3.97. The fraction of sp³-hybridized carbons (Fsp3) is 0.300. The van der Waals surface area contributed by atoms with E-state index in [1.54, 1.807) is 14.0 Å². The lowest BCUT2D eigenvalue weighted by Gasteiger charge is -2.23. The summed E-state index contributed by atoms with van der Waals surface area (Å²) >= 11 is 0. The van der Waals surface area contributed by atoms with E-state index in [1.165, 1.54) is 29.3 Å². The van der Waals surface area contributed by atoms with Crippen LogP contribution in [0.3, 0.4) is 0 Å². The second-order valence-corrected chi connectivity index (χ2v) is 6.88. The predicted molar refractivity (Wildman–Crippen MR) is 103 cm³/mol. The molecule has 29 heavy (non-hydrogen) atoms. The molecule has 0 spiro atoms. The minimum absolute atomic E-state index is 0.0927. The Morgan fingerprint density at radius 3 is 2.93 bits per heavy atom. The van der Waals surface area contributed by atoms with Crippen LogP contribution in [0.1, 0.15) is 47.3 Å². The van der Waals surface area contributed by atoms with Gasteiger partial charge in [-0.05, 0) is 25.1 Å². The number of hydrogen-bond donors (Lipinski definition) is 1. The molecule has 0 radical (unpaired) electrons. The molecule has 0 fully saturated rings. The van der Waals surface area contributed by atoms with Crippen molar-refractivity contribution in [2.24, 2.45) is 0 Å². The standard InChI is InChI=1S/C20H20FN5O3/c1-4-16-17-14-8-23-18(22)19(24-14)28-10(2)13-7-11(21)5-6-12(13)20(27)26(3)9-15(17)25-29-16/h5-8,10H,4,9H2,1-3H3,(H2,22,23). The van der Waals surface area contributed by atoms with Crippen molar-refractivity contribution in [2.45, 2.75) is 32.9 Å². The van der Waals surface area contributed by atoms with Crippen LogP contribution in [0.25, 0.3) is 11.3 Å². The quantitative estimate of drug-likeness (QED) is 0.672. The number of nitrogens with two attached hydrogens (primary N) is 1. The molecule has 1 atom stereocenters. The van der Waals surface area contributed by atoms with Gasteiger partial charge in [0.1, 0.15) is 23.4 Å². The zero-order valence-electron chi connectivity index (χ0n) is 16.3. The van der Waals surface area contributed by atoms with Crippen molar-refractivity contribution in [1.29, 1.82) is 0 Å². The number of halogens is 1. The van der Waals surface area contributed by atoms with E-state index in [0.717, 1.165) is 0 Å². The molecule has 3 heterocycles. The zero-order chi connectivity index (χ0) is 20.7. The molecule has 2 bridgehead atoms. The van der Waals surface area contributed by atoms with Gasteiger partial charge in [0.15, 0.2) is 5.82 Å². The van der Waals surface area contributed by atoms with E-state index in [2.05, 4.69) is 15.1 Å². The Hall–Kier alpha value is -3.49. The molecule has 1 aliphatic rings. The maximum Gasteiger partial charge on any atom is 0.258 e. The van der Waals surface area contributed by atoms with Crippen LogP contribution in [0.2, 0.25) is 0 Å². The second-order valence-electron chi connectivity index (χ2n) is 6.88. The Kier molecular flexibility index (Phi) is 4.65. The van der Waals surface area contributed by atoms with Gasteiger partial charge in [-0.3, -0.25) is 4.79 Å². The van der Waals surface area contributed by atoms with Gasteiger partial charge in [-0.25, -0.2) is 14.4 Å². The van der Waals surface area contributed by atoms with Crippen molar-refractivity contribution >= 4 is 11.7 Å². The van der Waals surface area contributed by atoms with Crippen LogP contribution in [0, 0.1) is 5.82 Å². The first-order valence-corrected chi connectivity index (χ1v) is 9.20. The van der Waals surface area contributed by atoms with E-state index < -0.39 is 11.9 Å². The van der Waals surface area contributed by atoms with Crippen LogP contribution < -0.4 is 10.5 Å². The smallest absolute Gasteiger partial charge is 0.258 e. The number of aromatic nitrogens is 3. The van der Waals surface area contributed by atoms with Crippen molar-refractivity contribution < 1.29 is 18.4 Å². The summed E-state index contributed by atoms with van der Waals surface area (Å²) in [6.45, 7) is 3.82. The van der Waals surface area contributed by atoms with Crippen molar-refractivity contribution in [3.05, 3.63) is 52.8 Å². The lowest BCUT2D eigenvalue weighted by atomic mass is 10.0. The summed E-state index contributed by atoms with van der Waals surface area (Å²) in [5.74, 6) is 0.0565. The minimum Gasteiger partial charge on any atom is -0.467 e. The average Bonchev–Trinajstić information content (AvgIpc) is 3.10. The highest BCUT2D eigenvalue weighted by Gasteiger charge is 2.27. The van der Waals surface area contributed by atoms with Crippen LogP contribution in [-0.4, -0.2) is 33.0 Å². The maximum atomic E-state index is 13.9. The Morgan fingerprint density at radius 1 is 1.38 bits per heavy atom. The number of ether oxygens (including phenoxy) is 1. The Balaban J connectivity index is 1.94. The third-order valence-electron chi connectivity index (χ3n) is 4.88. The number of benzene rings is 1. The van der Waals surface area contributed by atoms with Crippen molar-refractivity contribution in [3.8, 4) is 17.1 Å². The SMILES string of the molecule is CCc1onc2c1-c1cnc(N)c(n1)OC(C)c1cc(F)ccc1C(=O)N(C)C2. The fourth-order valence-electron chi connectivity index (χ4n) is 3.39. The molecular formula is C20H20FN5O3. The van der Waals surface area contributed by atoms with Crippen LogP contribution >= 0.6 is 0 Å². The van der Waals surface area contributed by atoms with Crippen molar-refractivity contribution in [3.63, 3.8) is 0 Å². The first kappa shape index (κ1) is 18.9.